The first kappa shape index (κ1) is 25.6. The largest absolute Gasteiger partial charge is 0.480 e. The van der Waals surface area contributed by atoms with E-state index >= 15 is 0 Å². The molecule has 1 amide bonds. The molecule has 0 saturated carbocycles. The minimum atomic E-state index is -4.70. The number of nitrogens with zero attached hydrogens (tertiary/aromatic N) is 1. The van der Waals surface area contributed by atoms with Crippen LogP contribution in [0.1, 0.15) is 28.4 Å². The number of alkyl halides is 3. The highest BCUT2D eigenvalue weighted by Crippen LogP contribution is 2.34. The molecule has 0 spiro atoms. The summed E-state index contributed by atoms with van der Waals surface area (Å²) in [5, 5.41) is 0. The molecule has 1 atom stereocenters. The zero-order chi connectivity index (χ0) is 26.4. The lowest BCUT2D eigenvalue weighted by atomic mass is 10.0. The molecule has 1 heterocycles. The Kier molecular flexibility index (Phi) is 6.54. The summed E-state index contributed by atoms with van der Waals surface area (Å²) in [5.41, 5.74) is 2.15. The van der Waals surface area contributed by atoms with E-state index in [0.29, 0.717) is 16.7 Å². The number of sulfone groups is 1. The van der Waals surface area contributed by atoms with Crippen LogP contribution >= 0.6 is 0 Å². The fourth-order valence-electron chi connectivity index (χ4n) is 3.83. The molecule has 0 radical (unpaired) electrons. The van der Waals surface area contributed by atoms with Gasteiger partial charge in [-0.05, 0) is 65.6 Å². The zero-order valence-corrected chi connectivity index (χ0v) is 19.9. The Hall–Kier alpha value is -3.47. The van der Waals surface area contributed by atoms with Gasteiger partial charge in [-0.25, -0.2) is 17.2 Å². The fourth-order valence-corrected chi connectivity index (χ4v) is 4.48. The molecule has 0 unspecified atom stereocenters. The van der Waals surface area contributed by atoms with Crippen molar-refractivity contribution in [1.82, 2.24) is 4.90 Å². The van der Waals surface area contributed by atoms with Gasteiger partial charge in [-0.2, -0.15) is 13.2 Å². The van der Waals surface area contributed by atoms with Crippen LogP contribution in [0.3, 0.4) is 0 Å². The summed E-state index contributed by atoms with van der Waals surface area (Å²) in [4.78, 5) is 14.5. The van der Waals surface area contributed by atoms with Crippen molar-refractivity contribution in [2.45, 2.75) is 37.2 Å². The van der Waals surface area contributed by atoms with Gasteiger partial charge in [0.1, 0.15) is 5.75 Å². The number of rotatable bonds is 5. The lowest BCUT2D eigenvalue weighted by molar-refractivity contribution is -0.189. The Bertz CT molecular complexity index is 1450. The predicted molar refractivity (Wildman–Crippen MR) is 121 cm³/mol. The van der Waals surface area contributed by atoms with Gasteiger partial charge in [0.2, 0.25) is 0 Å². The van der Waals surface area contributed by atoms with Gasteiger partial charge in [0.05, 0.1) is 10.5 Å². The van der Waals surface area contributed by atoms with Crippen molar-refractivity contribution in [1.29, 1.82) is 0 Å². The number of hydrogen-bond acceptors (Lipinski definition) is 4. The van der Waals surface area contributed by atoms with Crippen LogP contribution in [0.2, 0.25) is 0 Å². The van der Waals surface area contributed by atoms with Gasteiger partial charge in [0.25, 0.3) is 5.91 Å². The quantitative estimate of drug-likeness (QED) is 0.412. The smallest absolute Gasteiger partial charge is 0.425 e. The standard InChI is InChI=1S/C25H20F5NO4S/c1-14(25(28,29)30)35-23-8-6-19(36(2,33)34)11-20(23)24(32)31-12-17-4-3-15(9-18(17)13-31)16-5-7-21(26)22(27)10-16/h3-11,14H,12-13H2,1-2H3/t14-/m0/s1. The van der Waals surface area contributed by atoms with Crippen LogP contribution in [0.15, 0.2) is 59.5 Å². The van der Waals surface area contributed by atoms with Crippen molar-refractivity contribution in [2.24, 2.45) is 0 Å². The fraction of sp³-hybridized carbons (Fsp3) is 0.240. The maximum Gasteiger partial charge on any atom is 0.425 e. The molecule has 1 aliphatic rings. The number of amides is 1. The van der Waals surface area contributed by atoms with Gasteiger partial charge in [0.15, 0.2) is 27.6 Å². The molecular formula is C25H20F5NO4S. The zero-order valence-electron chi connectivity index (χ0n) is 19.1. The normalized spacial score (nSPS) is 14.5. The van der Waals surface area contributed by atoms with Gasteiger partial charge >= 0.3 is 6.18 Å². The highest BCUT2D eigenvalue weighted by molar-refractivity contribution is 7.90. The van der Waals surface area contributed by atoms with E-state index in [-0.39, 0.29) is 23.5 Å². The Morgan fingerprint density at radius 2 is 1.56 bits per heavy atom. The third-order valence-corrected chi connectivity index (χ3v) is 6.95. The van der Waals surface area contributed by atoms with Gasteiger partial charge in [-0.15, -0.1) is 0 Å². The summed E-state index contributed by atoms with van der Waals surface area (Å²) in [6.45, 7) is 0.969. The lowest BCUT2D eigenvalue weighted by Gasteiger charge is -2.22. The van der Waals surface area contributed by atoms with Crippen LogP contribution < -0.4 is 4.74 Å². The maximum absolute atomic E-state index is 13.7. The van der Waals surface area contributed by atoms with Crippen molar-refractivity contribution < 1.29 is 39.9 Å². The molecule has 190 valence electrons. The maximum atomic E-state index is 13.7. The molecule has 0 fully saturated rings. The van der Waals surface area contributed by atoms with Crippen molar-refractivity contribution >= 4 is 15.7 Å². The van der Waals surface area contributed by atoms with E-state index in [1.54, 1.807) is 18.2 Å². The number of hydrogen-bond donors (Lipinski definition) is 0. The third-order valence-electron chi connectivity index (χ3n) is 5.84. The number of halogens is 5. The van der Waals surface area contributed by atoms with Crippen LogP contribution in [-0.2, 0) is 22.9 Å². The first-order valence-electron chi connectivity index (χ1n) is 10.7. The molecule has 3 aromatic rings. The van der Waals surface area contributed by atoms with E-state index in [1.165, 1.54) is 11.0 Å². The minimum absolute atomic E-state index is 0.0725. The van der Waals surface area contributed by atoms with Gasteiger partial charge in [0, 0.05) is 19.3 Å². The predicted octanol–water partition coefficient (Wildman–Crippen LogP) is 5.52. The molecular weight excluding hydrogens is 505 g/mol. The third kappa shape index (κ3) is 5.20. The summed E-state index contributed by atoms with van der Waals surface area (Å²) < 4.78 is 95.2. The number of fused-ring (bicyclic) bond motifs is 1. The number of carbonyl (C=O) groups excluding carboxylic acids is 1. The summed E-state index contributed by atoms with van der Waals surface area (Å²) in [5.74, 6) is -3.09. The van der Waals surface area contributed by atoms with Crippen LogP contribution in [0.5, 0.6) is 5.75 Å². The molecule has 0 N–H and O–H groups in total. The van der Waals surface area contributed by atoms with Gasteiger partial charge < -0.3 is 9.64 Å². The highest BCUT2D eigenvalue weighted by atomic mass is 32.2. The summed E-state index contributed by atoms with van der Waals surface area (Å²) in [6, 6.07) is 11.7. The van der Waals surface area contributed by atoms with E-state index in [2.05, 4.69) is 0 Å². The topological polar surface area (TPSA) is 63.7 Å². The average Bonchev–Trinajstić information content (AvgIpc) is 3.22. The molecule has 11 heteroatoms. The van der Waals surface area contributed by atoms with E-state index in [4.69, 9.17) is 4.74 Å². The van der Waals surface area contributed by atoms with Crippen molar-refractivity contribution in [2.75, 3.05) is 6.26 Å². The summed E-state index contributed by atoms with van der Waals surface area (Å²) >= 11 is 0. The summed E-state index contributed by atoms with van der Waals surface area (Å²) in [6.07, 6.45) is -6.01. The van der Waals surface area contributed by atoms with Gasteiger partial charge in [-0.1, -0.05) is 18.2 Å². The van der Waals surface area contributed by atoms with E-state index in [1.807, 2.05) is 0 Å². The highest BCUT2D eigenvalue weighted by Gasteiger charge is 2.39. The minimum Gasteiger partial charge on any atom is -0.480 e. The number of ether oxygens (including phenoxy) is 1. The van der Waals surface area contributed by atoms with E-state index in [0.717, 1.165) is 49.1 Å². The van der Waals surface area contributed by atoms with Crippen molar-refractivity contribution in [3.8, 4) is 16.9 Å². The molecule has 36 heavy (non-hydrogen) atoms. The molecule has 0 bridgehead atoms. The van der Waals surface area contributed by atoms with Crippen LogP contribution in [0.4, 0.5) is 22.0 Å². The monoisotopic (exact) mass is 525 g/mol. The van der Waals surface area contributed by atoms with Crippen molar-refractivity contribution in [3.63, 3.8) is 0 Å². The molecule has 3 aromatic carbocycles. The average molecular weight is 525 g/mol. The van der Waals surface area contributed by atoms with Crippen LogP contribution in [0, 0.1) is 11.6 Å². The van der Waals surface area contributed by atoms with Crippen molar-refractivity contribution in [3.05, 3.63) is 82.9 Å². The molecule has 0 saturated heterocycles. The number of carbonyl (C=O) groups is 1. The van der Waals surface area contributed by atoms with Crippen LogP contribution in [0.25, 0.3) is 11.1 Å². The number of benzene rings is 3. The Balaban J connectivity index is 1.65. The SMILES string of the molecule is C[C@H](Oc1ccc(S(C)(=O)=O)cc1C(=O)N1Cc2ccc(-c3ccc(F)c(F)c3)cc2C1)C(F)(F)F. The van der Waals surface area contributed by atoms with Gasteiger partial charge in [-0.3, -0.25) is 4.79 Å². The second-order valence-corrected chi connectivity index (χ2v) is 10.5. The van der Waals surface area contributed by atoms with Crippen LogP contribution in [-0.4, -0.2) is 37.8 Å². The molecule has 1 aliphatic heterocycles. The second kappa shape index (κ2) is 9.20. The molecule has 0 aliphatic carbocycles. The Morgan fingerprint density at radius 3 is 2.19 bits per heavy atom. The molecule has 0 aromatic heterocycles. The lowest BCUT2D eigenvalue weighted by Crippen LogP contribution is -2.32. The second-order valence-electron chi connectivity index (χ2n) is 8.51. The first-order chi connectivity index (χ1) is 16.7. The molecule has 4 rings (SSSR count). The first-order valence-corrected chi connectivity index (χ1v) is 12.6. The Labute approximate surface area is 204 Å². The summed E-state index contributed by atoms with van der Waals surface area (Å²) in [7, 11) is -3.76. The molecule has 5 nitrogen and oxygen atoms in total. The Morgan fingerprint density at radius 1 is 0.917 bits per heavy atom. The van der Waals surface area contributed by atoms with E-state index in [9.17, 15) is 35.2 Å². The van der Waals surface area contributed by atoms with E-state index < -0.39 is 45.4 Å².